The smallest absolute Gasteiger partial charge is 0.307 e. The van der Waals surface area contributed by atoms with E-state index in [2.05, 4.69) is 38.2 Å². The van der Waals surface area contributed by atoms with Crippen molar-refractivity contribution in [2.24, 2.45) is 5.92 Å². The van der Waals surface area contributed by atoms with Crippen molar-refractivity contribution in [1.82, 2.24) is 0 Å². The summed E-state index contributed by atoms with van der Waals surface area (Å²) < 4.78 is 5.78. The Balaban J connectivity index is 1.50. The second kappa shape index (κ2) is 13.8. The topological polar surface area (TPSA) is 75.6 Å². The summed E-state index contributed by atoms with van der Waals surface area (Å²) in [5, 5.41) is 14.5. The number of carbonyl (C=O) groups excluding carboxylic acids is 2. The van der Waals surface area contributed by atoms with E-state index in [1.807, 2.05) is 42.5 Å². The first-order valence-corrected chi connectivity index (χ1v) is 15.1. The van der Waals surface area contributed by atoms with Gasteiger partial charge in [-0.25, -0.2) is 0 Å². The van der Waals surface area contributed by atoms with E-state index >= 15 is 0 Å². The van der Waals surface area contributed by atoms with E-state index in [9.17, 15) is 14.7 Å². The van der Waals surface area contributed by atoms with Gasteiger partial charge in [-0.1, -0.05) is 61.9 Å². The number of benzene rings is 3. The summed E-state index contributed by atoms with van der Waals surface area (Å²) in [6, 6.07) is 21.4. The first kappa shape index (κ1) is 29.6. The summed E-state index contributed by atoms with van der Waals surface area (Å²) in [6.45, 7) is 7.77. The molecule has 2 unspecified atom stereocenters. The van der Waals surface area contributed by atoms with Gasteiger partial charge in [0.2, 0.25) is 0 Å². The Morgan fingerprint density at radius 1 is 1.00 bits per heavy atom. The molecule has 1 aliphatic rings. The molecule has 0 saturated heterocycles. The predicted molar refractivity (Wildman–Crippen MR) is 164 cm³/mol. The van der Waals surface area contributed by atoms with Gasteiger partial charge in [-0.3, -0.25) is 9.59 Å². The highest BCUT2D eigenvalue weighted by Crippen LogP contribution is 2.42. The van der Waals surface area contributed by atoms with E-state index in [1.54, 1.807) is 23.9 Å². The van der Waals surface area contributed by atoms with Gasteiger partial charge in [0.1, 0.15) is 5.76 Å². The summed E-state index contributed by atoms with van der Waals surface area (Å²) >= 11 is 1.68. The van der Waals surface area contributed by atoms with Gasteiger partial charge < -0.3 is 15.2 Å². The molecule has 0 radical (unpaired) electrons. The summed E-state index contributed by atoms with van der Waals surface area (Å²) in [5.74, 6) is 1.09. The molecule has 6 heteroatoms. The highest BCUT2D eigenvalue weighted by Gasteiger charge is 2.33. The molecule has 4 rings (SSSR count). The van der Waals surface area contributed by atoms with Crippen molar-refractivity contribution in [2.45, 2.75) is 70.8 Å². The third-order valence-corrected chi connectivity index (χ3v) is 8.47. The van der Waals surface area contributed by atoms with Crippen LogP contribution in [0.1, 0.15) is 72.6 Å². The number of ether oxygens (including phenoxy) is 1. The number of hydrogen-bond acceptors (Lipinski definition) is 5. The van der Waals surface area contributed by atoms with Gasteiger partial charge >= 0.3 is 5.97 Å². The minimum Gasteiger partial charge on any atom is -0.431 e. The van der Waals surface area contributed by atoms with Crippen LogP contribution in [0.25, 0.3) is 5.57 Å². The quantitative estimate of drug-likeness (QED) is 0.198. The minimum absolute atomic E-state index is 0.137. The number of anilines is 1. The normalized spacial score (nSPS) is 17.0. The number of para-hydroxylation sites is 1. The largest absolute Gasteiger partial charge is 0.431 e. The van der Waals surface area contributed by atoms with Crippen LogP contribution in [0.3, 0.4) is 0 Å². The molecule has 210 valence electrons. The molecule has 2 N–H and O–H groups in total. The van der Waals surface area contributed by atoms with Crippen molar-refractivity contribution in [1.29, 1.82) is 0 Å². The number of amides is 1. The molecule has 3 aromatic rings. The monoisotopic (exact) mass is 557 g/mol. The van der Waals surface area contributed by atoms with Gasteiger partial charge in [0.15, 0.2) is 0 Å². The van der Waals surface area contributed by atoms with Gasteiger partial charge in [-0.15, -0.1) is 11.8 Å². The summed E-state index contributed by atoms with van der Waals surface area (Å²) in [5.41, 5.74) is 6.79. The lowest BCUT2D eigenvalue weighted by Crippen LogP contribution is -2.26. The number of aryl methyl sites for hydroxylation is 3. The lowest BCUT2D eigenvalue weighted by Gasteiger charge is -2.32. The second-order valence-electron chi connectivity index (χ2n) is 10.4. The third-order valence-electron chi connectivity index (χ3n) is 7.36. The number of thioether (sulfide) groups is 1. The molecular formula is C34H39NO4S. The minimum atomic E-state index is -0.700. The number of aliphatic hydroxyl groups is 1. The first-order chi connectivity index (χ1) is 19.3. The van der Waals surface area contributed by atoms with E-state index in [1.165, 1.54) is 23.6 Å². The maximum Gasteiger partial charge on any atom is 0.307 e. The van der Waals surface area contributed by atoms with E-state index in [4.69, 9.17) is 4.74 Å². The zero-order chi connectivity index (χ0) is 28.6. The number of hydrogen-bond donors (Lipinski definition) is 2. The lowest BCUT2D eigenvalue weighted by atomic mass is 9.78. The van der Waals surface area contributed by atoms with Crippen molar-refractivity contribution < 1.29 is 19.4 Å². The lowest BCUT2D eigenvalue weighted by molar-refractivity contribution is -0.137. The summed E-state index contributed by atoms with van der Waals surface area (Å²) in [4.78, 5) is 25.8. The molecule has 2 atom stereocenters. The number of carbonyl (C=O) groups is 2. The number of nitrogens with one attached hydrogen (secondary N) is 1. The average molecular weight is 558 g/mol. The Hall–Kier alpha value is -3.35. The molecule has 1 aliphatic carbocycles. The maximum absolute atomic E-state index is 12.7. The Kier molecular flexibility index (Phi) is 10.2. The molecule has 0 spiro atoms. The fraction of sp³-hybridized carbons (Fsp3) is 0.353. The fourth-order valence-corrected chi connectivity index (χ4v) is 6.65. The van der Waals surface area contributed by atoms with Crippen molar-refractivity contribution in [2.75, 3.05) is 11.1 Å². The average Bonchev–Trinajstić information content (AvgIpc) is 2.94. The molecule has 1 amide bonds. The van der Waals surface area contributed by atoms with E-state index in [0.717, 1.165) is 46.7 Å². The number of aliphatic hydroxyl groups excluding tert-OH is 1. The molecule has 40 heavy (non-hydrogen) atoms. The van der Waals surface area contributed by atoms with Crippen LogP contribution in [0.2, 0.25) is 0 Å². The van der Waals surface area contributed by atoms with Gasteiger partial charge in [-0.05, 0) is 85.2 Å². The molecule has 0 heterocycles. The Bertz CT molecular complexity index is 1360. The highest BCUT2D eigenvalue weighted by molar-refractivity contribution is 7.99. The van der Waals surface area contributed by atoms with Gasteiger partial charge in [-0.2, -0.15) is 0 Å². The Morgan fingerprint density at radius 2 is 1.65 bits per heavy atom. The molecule has 0 aromatic heterocycles. The van der Waals surface area contributed by atoms with Crippen molar-refractivity contribution in [3.63, 3.8) is 0 Å². The Morgan fingerprint density at radius 3 is 2.30 bits per heavy atom. The van der Waals surface area contributed by atoms with Crippen LogP contribution in [0.4, 0.5) is 5.69 Å². The van der Waals surface area contributed by atoms with Crippen LogP contribution in [0, 0.1) is 12.8 Å². The number of allylic oxidation sites excluding steroid dienone is 1. The van der Waals surface area contributed by atoms with Crippen LogP contribution < -0.4 is 5.32 Å². The zero-order valence-electron chi connectivity index (χ0n) is 23.8. The van der Waals surface area contributed by atoms with E-state index < -0.39 is 6.10 Å². The number of esters is 1. The van der Waals surface area contributed by atoms with E-state index in [-0.39, 0.29) is 17.8 Å². The molecule has 3 aromatic carbocycles. The van der Waals surface area contributed by atoms with E-state index in [0.29, 0.717) is 24.2 Å². The maximum atomic E-state index is 12.7. The van der Waals surface area contributed by atoms with Gasteiger partial charge in [0, 0.05) is 29.4 Å². The standard InChI is InChI=1S/C34H39NO4S/c1-5-25-18-22(3)19-26(6-2)32(25)33-29(37)20-24(21-30(33)39-23(4)36)16-17-40-31-15-11-10-14-28(31)35-34(38)27-12-8-7-9-13-27/h7-15,18-19,24,29,37H,5-6,16-17,20-21H2,1-4H3,(H,35,38). The van der Waals surface area contributed by atoms with Gasteiger partial charge in [0.25, 0.3) is 5.91 Å². The summed E-state index contributed by atoms with van der Waals surface area (Å²) in [6.07, 6.45) is 3.05. The van der Waals surface area contributed by atoms with Crippen LogP contribution in [0.15, 0.2) is 77.4 Å². The molecular weight excluding hydrogens is 518 g/mol. The van der Waals surface area contributed by atoms with Crippen LogP contribution >= 0.6 is 11.8 Å². The molecule has 0 fully saturated rings. The van der Waals surface area contributed by atoms with Crippen LogP contribution in [0.5, 0.6) is 0 Å². The first-order valence-electron chi connectivity index (χ1n) is 14.1. The van der Waals surface area contributed by atoms with Crippen molar-refractivity contribution >= 4 is 34.9 Å². The zero-order valence-corrected chi connectivity index (χ0v) is 24.6. The van der Waals surface area contributed by atoms with Crippen molar-refractivity contribution in [3.05, 3.63) is 100 Å². The fourth-order valence-electron chi connectivity index (χ4n) is 5.53. The van der Waals surface area contributed by atoms with Crippen LogP contribution in [-0.4, -0.2) is 28.8 Å². The number of rotatable bonds is 10. The van der Waals surface area contributed by atoms with Crippen LogP contribution in [-0.2, 0) is 22.4 Å². The SMILES string of the molecule is CCc1cc(C)cc(CC)c1C1=C(OC(C)=O)CC(CCSc2ccccc2NC(=O)c2ccccc2)CC1O. The van der Waals surface area contributed by atoms with Crippen molar-refractivity contribution in [3.8, 4) is 0 Å². The third kappa shape index (κ3) is 7.23. The molecule has 0 saturated carbocycles. The predicted octanol–water partition coefficient (Wildman–Crippen LogP) is 7.60. The molecule has 5 nitrogen and oxygen atoms in total. The molecule has 0 bridgehead atoms. The Labute approximate surface area is 242 Å². The highest BCUT2D eigenvalue weighted by atomic mass is 32.2. The second-order valence-corrected chi connectivity index (χ2v) is 11.5. The molecule has 0 aliphatic heterocycles. The summed E-state index contributed by atoms with van der Waals surface area (Å²) in [7, 11) is 0. The van der Waals surface area contributed by atoms with Gasteiger partial charge in [0.05, 0.1) is 11.8 Å².